The predicted molar refractivity (Wildman–Crippen MR) is 485 cm³/mol. The zero-order valence-corrected chi connectivity index (χ0v) is 81.1. The average Bonchev–Trinajstić information content (AvgIpc) is 1.51. The van der Waals surface area contributed by atoms with Gasteiger partial charge in [-0.05, 0) is 260 Å². The summed E-state index contributed by atoms with van der Waals surface area (Å²) in [7, 11) is 0. The minimum Gasteiger partial charge on any atom is -0.458 e. The number of ketones is 4. The van der Waals surface area contributed by atoms with E-state index in [1.54, 1.807) is 176 Å². The molecule has 131 heavy (non-hydrogen) atoms. The molecule has 4 spiro atoms. The normalized spacial score (nSPS) is 43.8. The van der Waals surface area contributed by atoms with Crippen LogP contribution in [-0.4, -0.2) is 217 Å². The van der Waals surface area contributed by atoms with Crippen LogP contribution in [0.2, 0.25) is 0 Å². The summed E-state index contributed by atoms with van der Waals surface area (Å²) < 4.78 is 21.4. The number of allylic oxidation sites excluding steroid dienone is 9. The number of aliphatic hydroxyl groups excluding tert-OH is 9. The van der Waals surface area contributed by atoms with Crippen LogP contribution in [0.4, 0.5) is 0 Å². The second-order valence-corrected chi connectivity index (χ2v) is 43.8. The van der Waals surface area contributed by atoms with E-state index in [4.69, 9.17) is 14.2 Å². The second kappa shape index (κ2) is 34.8. The maximum Gasteiger partial charge on any atom is 0.341 e. The molecule has 26 nitrogen and oxygen atoms in total. The third kappa shape index (κ3) is 14.5. The highest BCUT2D eigenvalue weighted by Crippen LogP contribution is 2.77. The highest BCUT2D eigenvalue weighted by Gasteiger charge is 2.82. The molecule has 32 atom stereocenters. The quantitative estimate of drug-likeness (QED) is 0.0284. The summed E-state index contributed by atoms with van der Waals surface area (Å²) >= 11 is 0. The predicted octanol–water partition coefficient (Wildman–Crippen LogP) is 9.80. The van der Waals surface area contributed by atoms with Crippen molar-refractivity contribution in [3.8, 4) is 0 Å². The number of Topliss-reactive ketones (excluding diaryl/α,β-unsaturated/α-hetero) is 4. The number of fused-ring (bicyclic) bond motifs is 12. The Morgan fingerprint density at radius 1 is 0.344 bits per heavy atom. The van der Waals surface area contributed by atoms with Gasteiger partial charge in [0.1, 0.15) is 54.4 Å². The van der Waals surface area contributed by atoms with Crippen molar-refractivity contribution in [1.82, 2.24) is 0 Å². The van der Waals surface area contributed by atoms with Crippen LogP contribution in [0.25, 0.3) is 0 Å². The number of aliphatic hydroxyl groups is 13. The Balaban J connectivity index is 0.000000151. The Hall–Kier alpha value is -7.67. The standard InChI is InChI=1S/3C25H34O6.C20H28O5.C10H14O3/c1-7-12(2)22(29)31-21-13(3)10-24-14(4)8-17-18(23(17,5)6)16(20(24)28)9-15(11-26)19(27)25(21,24)30;1-7-12(2)22(29)31-21-15(11-26)9-16-18-17(23(18,5)6)8-14(4)24(20(16)28)10-13(3)19(27)25(21,24)30;1-7-12(2)22(29)31-11-15-9-16-18-17(23(18,5)6)8-14(4)24(21(16)28)10-13(3)19(26)25(24,30)20(15)27;1-9-7-19-10(2)5-13-14(18(13,3)4)12(17(19)24)6-11(8-21)16(23)20(19,25)15(9)22;1-5-7(3)9(11)13-10(12)8(4)6-2/h2*7,9-10,14,16-19,21,26-27,30H,8,11H2,1-6H3;7,9-10,14,16-20,26-27,30H,8,11H2,1-6H3;6-7,10,12-16,21-23,25H,5,8H2,1-4H3;5-6H,1-4H3/b3*12-7-;;7-5-,8-6-/t14-,16+,17-,18+,19-,21+,24?,25+;14-,16+,17-,18+,19+,21-,24?,25-;14-,16+,17-,18+,19+,20-,24?,25-;10-,12+,13-,14+,15+,16-,19?,20-;/m1111./s1. The van der Waals surface area contributed by atoms with E-state index in [1.807, 2.05) is 27.7 Å². The zero-order chi connectivity index (χ0) is 98.2. The SMILES string of the molecule is C/C=C(/C)C(=O)OC(=O)/C(C)=C\C.C/C=C(/C)C(=O)OCC1=C[C@@H]2C(=O)C3(C=C(C)[C@H](O)[C@@]3(O)[C@@H]1O)[C@H](C)C[C@@H]1[C@H]2C1(C)C.C/C=C(/C)C(=O)O[C@@H]1C(CO)=C[C@@H]2C(=O)C3(C=C(C)[C@H](O)[C@@]13O)[C@H](C)C[C@@H]1[C@H]2C1(C)C.C/C=C(/C)C(=O)O[C@H]1C(C)=CC23C(=O)[C@@H](C=C(CO)[C@@H](O)[C@]12O)[C@H]1[C@@H](C[C@H]3C)C1(C)C.CC1=CC23C(=O)[C@@H](C=C(CO)[C@@H](O)[C@]2(O)[C@H]1O)[C@H]1[C@@H](C[C@H]3C)C1(C)C. The molecule has 720 valence electrons. The van der Waals surface area contributed by atoms with Crippen molar-refractivity contribution in [3.63, 3.8) is 0 Å². The average molecular weight is 1820 g/mol. The fourth-order valence-electron chi connectivity index (χ4n) is 27.5. The molecule has 0 aromatic carbocycles. The molecular weight excluding hydrogens is 1680 g/mol. The molecule has 0 saturated heterocycles. The summed E-state index contributed by atoms with van der Waals surface area (Å²) in [5.74, 6) is -4.82. The summed E-state index contributed by atoms with van der Waals surface area (Å²) in [6.45, 7) is 46.8. The van der Waals surface area contributed by atoms with Crippen molar-refractivity contribution in [1.29, 1.82) is 0 Å². The number of carbonyl (C=O) groups is 9. The Bertz CT molecular complexity index is 5100. The molecule has 26 heteroatoms. The van der Waals surface area contributed by atoms with Crippen LogP contribution in [0.5, 0.6) is 0 Å². The van der Waals surface area contributed by atoms with Crippen molar-refractivity contribution >= 4 is 53.0 Å². The number of rotatable bonds is 12. The van der Waals surface area contributed by atoms with Crippen LogP contribution >= 0.6 is 0 Å². The van der Waals surface area contributed by atoms with Crippen LogP contribution in [0.3, 0.4) is 0 Å². The Kier molecular flexibility index (Phi) is 27.2. The van der Waals surface area contributed by atoms with Crippen molar-refractivity contribution in [2.24, 2.45) is 138 Å². The first-order chi connectivity index (χ1) is 60.7. The van der Waals surface area contributed by atoms with Crippen molar-refractivity contribution in [3.05, 3.63) is 151 Å². The van der Waals surface area contributed by atoms with Crippen LogP contribution in [0.1, 0.15) is 206 Å². The molecule has 8 bridgehead atoms. The van der Waals surface area contributed by atoms with E-state index in [1.165, 1.54) is 0 Å². The van der Waals surface area contributed by atoms with E-state index in [9.17, 15) is 110 Å². The highest BCUT2D eigenvalue weighted by molar-refractivity contribution is 6.02. The molecule has 0 aromatic heterocycles. The molecule has 0 radical (unpaired) electrons. The zero-order valence-electron chi connectivity index (χ0n) is 81.1. The van der Waals surface area contributed by atoms with Gasteiger partial charge in [0.15, 0.2) is 46.5 Å². The van der Waals surface area contributed by atoms with E-state index in [2.05, 4.69) is 60.1 Å². The van der Waals surface area contributed by atoms with E-state index in [-0.39, 0.29) is 121 Å². The van der Waals surface area contributed by atoms with E-state index in [0.29, 0.717) is 73.8 Å². The molecule has 8 saturated carbocycles. The van der Waals surface area contributed by atoms with Gasteiger partial charge in [-0.3, -0.25) is 19.2 Å². The second-order valence-electron chi connectivity index (χ2n) is 43.8. The summed E-state index contributed by atoms with van der Waals surface area (Å²) in [4.78, 5) is 116. The maximum atomic E-state index is 14.2. The first-order valence-corrected chi connectivity index (χ1v) is 46.8. The number of carbonyl (C=O) groups excluding carboxylic acids is 9. The summed E-state index contributed by atoms with van der Waals surface area (Å²) in [6.07, 6.45) is 13.5. The van der Waals surface area contributed by atoms with Gasteiger partial charge in [-0.2, -0.15) is 0 Å². The minimum atomic E-state index is -2.10. The molecule has 16 aliphatic carbocycles. The molecule has 13 N–H and O–H groups in total. The van der Waals surface area contributed by atoms with Gasteiger partial charge in [0.2, 0.25) is 0 Å². The number of esters is 5. The number of hydrogen-bond donors (Lipinski definition) is 13. The smallest absolute Gasteiger partial charge is 0.341 e. The topological polar surface area (TPSA) is 454 Å². The van der Waals surface area contributed by atoms with Crippen molar-refractivity contribution in [2.75, 3.05) is 26.4 Å². The minimum absolute atomic E-state index is 0.0209. The maximum absolute atomic E-state index is 14.2. The van der Waals surface area contributed by atoms with Gasteiger partial charge in [-0.25, -0.2) is 24.0 Å². The molecule has 0 aromatic rings. The first-order valence-electron chi connectivity index (χ1n) is 46.8. The highest BCUT2D eigenvalue weighted by atomic mass is 16.6. The fraction of sp³-hybridized carbons (Fsp3) is 0.667. The van der Waals surface area contributed by atoms with Gasteiger partial charge in [0, 0.05) is 51.5 Å². The first kappa shape index (κ1) is 102. The Labute approximate surface area is 770 Å². The monoisotopic (exact) mass is 1820 g/mol. The van der Waals surface area contributed by atoms with Crippen molar-refractivity contribution < 1.29 is 128 Å². The van der Waals surface area contributed by atoms with Gasteiger partial charge in [0.25, 0.3) is 0 Å². The van der Waals surface area contributed by atoms with Crippen LogP contribution in [-0.2, 0) is 62.1 Å². The Morgan fingerprint density at radius 2 is 0.580 bits per heavy atom. The molecule has 16 rings (SSSR count). The van der Waals surface area contributed by atoms with Gasteiger partial charge >= 0.3 is 29.8 Å². The Morgan fingerprint density at radius 3 is 0.885 bits per heavy atom. The third-order valence-electron chi connectivity index (χ3n) is 36.3. The summed E-state index contributed by atoms with van der Waals surface area (Å²) in [5, 5.41) is 145. The van der Waals surface area contributed by atoms with E-state index >= 15 is 0 Å². The third-order valence-corrected chi connectivity index (χ3v) is 36.3. The van der Waals surface area contributed by atoms with Gasteiger partial charge in [-0.1, -0.05) is 162 Å². The van der Waals surface area contributed by atoms with Gasteiger partial charge in [0.05, 0.1) is 41.5 Å². The number of hydrogen-bond acceptors (Lipinski definition) is 26. The molecule has 0 amide bonds. The largest absolute Gasteiger partial charge is 0.458 e. The summed E-state index contributed by atoms with van der Waals surface area (Å²) in [6, 6.07) is 0. The summed E-state index contributed by atoms with van der Waals surface area (Å²) in [5.41, 5.74) is -8.81. The van der Waals surface area contributed by atoms with Gasteiger partial charge in [-0.15, -0.1) is 0 Å². The molecule has 8 fully saturated rings. The van der Waals surface area contributed by atoms with Crippen LogP contribution in [0, 0.1) is 138 Å². The van der Waals surface area contributed by atoms with E-state index < -0.39 is 166 Å². The van der Waals surface area contributed by atoms with Crippen LogP contribution < -0.4 is 0 Å². The molecular formula is C105H144O26. The molecule has 0 heterocycles. The molecule has 16 aliphatic rings. The lowest BCUT2D eigenvalue weighted by Gasteiger charge is -2.49. The van der Waals surface area contributed by atoms with Crippen molar-refractivity contribution in [2.45, 2.75) is 277 Å². The number of ether oxygens (including phenoxy) is 4. The lowest BCUT2D eigenvalue weighted by atomic mass is 9.59. The van der Waals surface area contributed by atoms with Crippen LogP contribution in [0.15, 0.2) is 151 Å². The fourth-order valence-corrected chi connectivity index (χ4v) is 27.5. The van der Waals surface area contributed by atoms with Gasteiger partial charge < -0.3 is 85.3 Å². The molecule has 4 unspecified atom stereocenters. The van der Waals surface area contributed by atoms with E-state index in [0.717, 1.165) is 25.7 Å². The molecule has 0 aliphatic heterocycles. The lowest BCUT2D eigenvalue weighted by molar-refractivity contribution is -0.202. The lowest BCUT2D eigenvalue weighted by Crippen LogP contribution is -2.66.